The summed E-state index contributed by atoms with van der Waals surface area (Å²) in [6, 6.07) is 10.4. The molecule has 100 valence electrons. The fourth-order valence-electron chi connectivity index (χ4n) is 1.99. The van der Waals surface area contributed by atoms with Gasteiger partial charge in [-0.05, 0) is 43.7 Å². The first-order valence-electron chi connectivity index (χ1n) is 6.37. The van der Waals surface area contributed by atoms with Gasteiger partial charge in [0.25, 0.3) is 0 Å². The Bertz CT molecular complexity index is 555. The fraction of sp³-hybridized carbons (Fsp3) is 0.267. The topological polar surface area (TPSA) is 42.1 Å². The largest absolute Gasteiger partial charge is 0.324 e. The van der Waals surface area contributed by atoms with Crippen LogP contribution in [0, 0.1) is 5.82 Å². The molecule has 2 N–H and O–H groups in total. The summed E-state index contributed by atoms with van der Waals surface area (Å²) in [7, 11) is 0. The van der Waals surface area contributed by atoms with Crippen LogP contribution in [0.2, 0.25) is 0 Å². The van der Waals surface area contributed by atoms with Crippen LogP contribution in [0.5, 0.6) is 0 Å². The molecule has 3 nitrogen and oxygen atoms in total. The molecule has 0 bridgehead atoms. The van der Waals surface area contributed by atoms with E-state index in [0.29, 0.717) is 18.1 Å². The van der Waals surface area contributed by atoms with Gasteiger partial charge in [-0.15, -0.1) is 0 Å². The minimum absolute atomic E-state index is 0.0684. The van der Waals surface area contributed by atoms with Crippen LogP contribution in [-0.2, 0) is 0 Å². The number of benzene rings is 1. The van der Waals surface area contributed by atoms with Crippen LogP contribution in [0.15, 0.2) is 42.6 Å². The molecule has 0 aliphatic heterocycles. The standard InChI is InChI=1S/C15H18FN3/c1-3-19(14-7-5-4-6-13(14)16)15-10-12(11(2)17)8-9-18-15/h4-11H,3,17H2,1-2H3/t11-/m1/s1. The molecule has 0 unspecified atom stereocenters. The Morgan fingerprint density at radius 2 is 2.05 bits per heavy atom. The van der Waals surface area contributed by atoms with Gasteiger partial charge in [0.05, 0.1) is 5.69 Å². The number of halogens is 1. The smallest absolute Gasteiger partial charge is 0.146 e. The zero-order chi connectivity index (χ0) is 13.8. The number of hydrogen-bond donors (Lipinski definition) is 1. The highest BCUT2D eigenvalue weighted by molar-refractivity contribution is 5.61. The number of hydrogen-bond acceptors (Lipinski definition) is 3. The molecule has 0 aliphatic carbocycles. The lowest BCUT2D eigenvalue weighted by atomic mass is 10.1. The van der Waals surface area contributed by atoms with Crippen molar-refractivity contribution in [1.82, 2.24) is 4.98 Å². The third-order valence-corrected chi connectivity index (χ3v) is 3.03. The van der Waals surface area contributed by atoms with Gasteiger partial charge >= 0.3 is 0 Å². The quantitative estimate of drug-likeness (QED) is 0.915. The number of para-hydroxylation sites is 1. The molecule has 0 aliphatic rings. The molecule has 0 radical (unpaired) electrons. The molecule has 1 aromatic carbocycles. The Morgan fingerprint density at radius 1 is 1.32 bits per heavy atom. The highest BCUT2D eigenvalue weighted by Crippen LogP contribution is 2.27. The van der Waals surface area contributed by atoms with Crippen molar-refractivity contribution in [3.05, 3.63) is 54.0 Å². The molecular weight excluding hydrogens is 241 g/mol. The fourth-order valence-corrected chi connectivity index (χ4v) is 1.99. The Labute approximate surface area is 112 Å². The van der Waals surface area contributed by atoms with Crippen LogP contribution < -0.4 is 10.6 Å². The minimum atomic E-state index is -0.252. The van der Waals surface area contributed by atoms with Gasteiger partial charge in [-0.3, -0.25) is 0 Å². The molecular formula is C15H18FN3. The first-order chi connectivity index (χ1) is 9.13. The SMILES string of the molecule is CCN(c1cc([C@@H](C)N)ccn1)c1ccccc1F. The highest BCUT2D eigenvalue weighted by atomic mass is 19.1. The Balaban J connectivity index is 2.43. The molecule has 2 aromatic rings. The minimum Gasteiger partial charge on any atom is -0.324 e. The summed E-state index contributed by atoms with van der Waals surface area (Å²) in [5.74, 6) is 0.458. The van der Waals surface area contributed by atoms with Crippen LogP contribution in [0.3, 0.4) is 0 Å². The summed E-state index contributed by atoms with van der Waals surface area (Å²) < 4.78 is 13.9. The summed E-state index contributed by atoms with van der Waals surface area (Å²) in [4.78, 5) is 6.15. The van der Waals surface area contributed by atoms with Crippen molar-refractivity contribution < 1.29 is 4.39 Å². The van der Waals surface area contributed by atoms with Crippen molar-refractivity contribution in [3.8, 4) is 0 Å². The van der Waals surface area contributed by atoms with Crippen molar-refractivity contribution in [2.24, 2.45) is 5.73 Å². The molecule has 4 heteroatoms. The molecule has 0 fully saturated rings. The van der Waals surface area contributed by atoms with E-state index in [2.05, 4.69) is 4.98 Å². The second-order valence-corrected chi connectivity index (χ2v) is 4.43. The second-order valence-electron chi connectivity index (χ2n) is 4.43. The van der Waals surface area contributed by atoms with E-state index in [9.17, 15) is 4.39 Å². The van der Waals surface area contributed by atoms with E-state index >= 15 is 0 Å². The summed E-state index contributed by atoms with van der Waals surface area (Å²) in [6.07, 6.45) is 1.71. The average molecular weight is 259 g/mol. The van der Waals surface area contributed by atoms with E-state index in [-0.39, 0.29) is 11.9 Å². The zero-order valence-electron chi connectivity index (χ0n) is 11.2. The Morgan fingerprint density at radius 3 is 2.68 bits per heavy atom. The van der Waals surface area contributed by atoms with Crippen LogP contribution in [0.25, 0.3) is 0 Å². The normalized spacial score (nSPS) is 12.2. The van der Waals surface area contributed by atoms with Crippen molar-refractivity contribution in [3.63, 3.8) is 0 Å². The van der Waals surface area contributed by atoms with Gasteiger partial charge < -0.3 is 10.6 Å². The number of nitrogens with two attached hydrogens (primary N) is 1. The van der Waals surface area contributed by atoms with E-state index in [1.54, 1.807) is 18.3 Å². The Kier molecular flexibility index (Phi) is 4.12. The van der Waals surface area contributed by atoms with Crippen LogP contribution in [-0.4, -0.2) is 11.5 Å². The summed E-state index contributed by atoms with van der Waals surface area (Å²) in [6.45, 7) is 4.52. The van der Waals surface area contributed by atoms with E-state index in [1.165, 1.54) is 6.07 Å². The average Bonchev–Trinajstić information content (AvgIpc) is 2.42. The predicted molar refractivity (Wildman–Crippen MR) is 75.9 cm³/mol. The van der Waals surface area contributed by atoms with E-state index in [4.69, 9.17) is 5.73 Å². The van der Waals surface area contributed by atoms with Crippen LogP contribution in [0.4, 0.5) is 15.9 Å². The van der Waals surface area contributed by atoms with Gasteiger partial charge in [-0.2, -0.15) is 0 Å². The molecule has 2 rings (SSSR count). The van der Waals surface area contributed by atoms with Gasteiger partial charge in [0.2, 0.25) is 0 Å². The first-order valence-corrected chi connectivity index (χ1v) is 6.37. The van der Waals surface area contributed by atoms with Crippen molar-refractivity contribution in [1.29, 1.82) is 0 Å². The molecule has 0 saturated heterocycles. The van der Waals surface area contributed by atoms with Gasteiger partial charge in [0.1, 0.15) is 11.6 Å². The lowest BCUT2D eigenvalue weighted by Crippen LogP contribution is -2.19. The number of pyridine rings is 1. The lowest BCUT2D eigenvalue weighted by Gasteiger charge is -2.23. The maximum Gasteiger partial charge on any atom is 0.146 e. The van der Waals surface area contributed by atoms with Crippen molar-refractivity contribution in [2.75, 3.05) is 11.4 Å². The predicted octanol–water partition coefficient (Wildman–Crippen LogP) is 3.40. The van der Waals surface area contributed by atoms with Gasteiger partial charge in [0, 0.05) is 18.8 Å². The van der Waals surface area contributed by atoms with Crippen LogP contribution in [0.1, 0.15) is 25.5 Å². The third kappa shape index (κ3) is 2.90. The molecule has 0 spiro atoms. The maximum absolute atomic E-state index is 13.9. The molecule has 1 atom stereocenters. The summed E-state index contributed by atoms with van der Waals surface area (Å²) >= 11 is 0. The maximum atomic E-state index is 13.9. The van der Waals surface area contributed by atoms with E-state index < -0.39 is 0 Å². The van der Waals surface area contributed by atoms with Crippen molar-refractivity contribution in [2.45, 2.75) is 19.9 Å². The monoisotopic (exact) mass is 259 g/mol. The highest BCUT2D eigenvalue weighted by Gasteiger charge is 2.13. The van der Waals surface area contributed by atoms with E-state index in [1.807, 2.05) is 36.9 Å². The molecule has 1 aromatic heterocycles. The number of nitrogens with zero attached hydrogens (tertiary/aromatic N) is 2. The van der Waals surface area contributed by atoms with Gasteiger partial charge in [0.15, 0.2) is 0 Å². The summed E-state index contributed by atoms with van der Waals surface area (Å²) in [5.41, 5.74) is 7.39. The Hall–Kier alpha value is -1.94. The number of anilines is 2. The molecule has 19 heavy (non-hydrogen) atoms. The van der Waals surface area contributed by atoms with Crippen LogP contribution >= 0.6 is 0 Å². The van der Waals surface area contributed by atoms with Crippen molar-refractivity contribution >= 4 is 11.5 Å². The molecule has 0 amide bonds. The number of aromatic nitrogens is 1. The molecule has 0 saturated carbocycles. The first kappa shape index (κ1) is 13.5. The van der Waals surface area contributed by atoms with E-state index in [0.717, 1.165) is 5.56 Å². The summed E-state index contributed by atoms with van der Waals surface area (Å²) in [5, 5.41) is 0. The van der Waals surface area contributed by atoms with Gasteiger partial charge in [-0.1, -0.05) is 12.1 Å². The van der Waals surface area contributed by atoms with Gasteiger partial charge in [-0.25, -0.2) is 9.37 Å². The third-order valence-electron chi connectivity index (χ3n) is 3.03. The second kappa shape index (κ2) is 5.80. The lowest BCUT2D eigenvalue weighted by molar-refractivity contribution is 0.625. The molecule has 1 heterocycles. The number of rotatable bonds is 4. The zero-order valence-corrected chi connectivity index (χ0v) is 11.2.